The molecule has 2 nitrogen and oxygen atoms in total. The van der Waals surface area contributed by atoms with E-state index >= 15 is 0 Å². The van der Waals surface area contributed by atoms with Gasteiger partial charge in [-0.15, -0.1) is 0 Å². The van der Waals surface area contributed by atoms with Gasteiger partial charge < -0.3 is 9.80 Å². The summed E-state index contributed by atoms with van der Waals surface area (Å²) < 4.78 is 0. The van der Waals surface area contributed by atoms with Gasteiger partial charge in [-0.05, 0) is 223 Å². The van der Waals surface area contributed by atoms with Crippen molar-refractivity contribution in [3.05, 3.63) is 288 Å². The predicted octanol–water partition coefficient (Wildman–Crippen LogP) is 21.4. The summed E-state index contributed by atoms with van der Waals surface area (Å²) in [5, 5.41) is 2.37. The second kappa shape index (κ2) is 23.2. The van der Waals surface area contributed by atoms with Gasteiger partial charge >= 0.3 is 0 Å². The van der Waals surface area contributed by atoms with Crippen LogP contribution < -0.4 is 9.80 Å². The van der Waals surface area contributed by atoms with E-state index < -0.39 is 0 Å². The molecule has 0 unspecified atom stereocenters. The molecular weight excluding hydrogens is 893 g/mol. The van der Waals surface area contributed by atoms with Crippen LogP contribution >= 0.6 is 0 Å². The van der Waals surface area contributed by atoms with Crippen molar-refractivity contribution >= 4 is 56.0 Å². The van der Waals surface area contributed by atoms with Gasteiger partial charge in [0.15, 0.2) is 0 Å². The maximum absolute atomic E-state index is 2.36. The number of anilines is 6. The van der Waals surface area contributed by atoms with Crippen LogP contribution in [-0.4, -0.2) is 0 Å². The van der Waals surface area contributed by atoms with E-state index in [9.17, 15) is 0 Å². The highest BCUT2D eigenvalue weighted by atomic mass is 15.1. The molecule has 0 saturated heterocycles. The summed E-state index contributed by atoms with van der Waals surface area (Å²) in [7, 11) is 0. The minimum atomic E-state index is 1.09. The lowest BCUT2D eigenvalue weighted by atomic mass is 9.99. The molecule has 0 aliphatic rings. The fraction of sp³-hybridized carbons (Fsp3) is 0.111. The second-order valence-corrected chi connectivity index (χ2v) is 19.3. The Balaban J connectivity index is 1.03. The second-order valence-electron chi connectivity index (χ2n) is 19.3. The Morgan fingerprint density at radius 2 is 0.581 bits per heavy atom. The summed E-state index contributed by atoms with van der Waals surface area (Å²) in [6.45, 7) is 17.2. The van der Waals surface area contributed by atoms with E-state index in [0.29, 0.717) is 0 Å². The van der Waals surface area contributed by atoms with Gasteiger partial charge in [-0.1, -0.05) is 176 Å². The summed E-state index contributed by atoms with van der Waals surface area (Å²) in [6.07, 6.45) is 13.1. The lowest BCUT2D eigenvalue weighted by Gasteiger charge is -2.26. The lowest BCUT2D eigenvalue weighted by Crippen LogP contribution is -2.10. The van der Waals surface area contributed by atoms with Crippen molar-refractivity contribution in [1.29, 1.82) is 0 Å². The standard InChI is InChI=1S/C72H66N2/c1-9-17-51(3)53(5)47-55(7)57-25-36-67(37-26-57)73(68-40-29-61(30-41-68)59-19-13-11-14-20-59)69-44-33-63(34-45-69)64-23-24-66-50-72(46-35-65(66)49-64)74(71-42-31-62(32-43-71)60-21-15-12-16-22-60)70-38-27-58(28-39-70)56(8)48-54(6)52(4)18-10-2/h9-50H,1-8H3/b17-9-,18-10-,53-51+,54-52+,55-47+,56-48+. The van der Waals surface area contributed by atoms with E-state index in [2.05, 4.69) is 320 Å². The first-order valence-electron chi connectivity index (χ1n) is 25.8. The molecule has 9 aromatic rings. The SMILES string of the molecule is C\C=C/C(C)=C(C)/C=C(\C)c1ccc(N(c2ccc(-c3ccccc3)cc2)c2ccc(-c3ccc4cc(N(c5ccc(/C(C)=C/C(C)=C(C)/C=C\C)cc5)c5ccc(-c6ccccc6)cc5)ccc4c3)cc2)cc1. The molecule has 2 heteroatoms. The molecule has 0 aliphatic carbocycles. The molecule has 0 radical (unpaired) electrons. The lowest BCUT2D eigenvalue weighted by molar-refractivity contribution is 1.28. The van der Waals surface area contributed by atoms with Gasteiger partial charge in [0.05, 0.1) is 0 Å². The smallest absolute Gasteiger partial charge is 0.0468 e. The summed E-state index contributed by atoms with van der Waals surface area (Å²) in [5.41, 5.74) is 23.7. The zero-order chi connectivity index (χ0) is 51.6. The molecule has 364 valence electrons. The molecule has 9 rings (SSSR count). The highest BCUT2D eigenvalue weighted by Crippen LogP contribution is 2.40. The number of nitrogens with zero attached hydrogens (tertiary/aromatic N) is 2. The molecular formula is C72H66N2. The number of hydrogen-bond acceptors (Lipinski definition) is 2. The van der Waals surface area contributed by atoms with Crippen LogP contribution in [0.1, 0.15) is 66.5 Å². The first kappa shape index (κ1) is 50.2. The van der Waals surface area contributed by atoms with Crippen LogP contribution in [0.3, 0.4) is 0 Å². The highest BCUT2D eigenvalue weighted by Gasteiger charge is 2.17. The number of hydrogen-bond donors (Lipinski definition) is 0. The predicted molar refractivity (Wildman–Crippen MR) is 323 cm³/mol. The molecule has 0 amide bonds. The summed E-state index contributed by atoms with van der Waals surface area (Å²) in [5.74, 6) is 0. The van der Waals surface area contributed by atoms with Crippen molar-refractivity contribution in [2.45, 2.75) is 55.4 Å². The largest absolute Gasteiger partial charge is 0.311 e. The van der Waals surface area contributed by atoms with Gasteiger partial charge in [-0.2, -0.15) is 0 Å². The zero-order valence-corrected chi connectivity index (χ0v) is 44.1. The molecule has 9 aromatic carbocycles. The van der Waals surface area contributed by atoms with Crippen LogP contribution in [0.25, 0.3) is 55.3 Å². The quantitative estimate of drug-likeness (QED) is 0.0945. The number of benzene rings is 9. The van der Waals surface area contributed by atoms with Gasteiger partial charge in [0.2, 0.25) is 0 Å². The van der Waals surface area contributed by atoms with Crippen molar-refractivity contribution < 1.29 is 0 Å². The third-order valence-corrected chi connectivity index (χ3v) is 14.1. The highest BCUT2D eigenvalue weighted by molar-refractivity contribution is 5.93. The Bertz CT molecular complexity index is 3550. The van der Waals surface area contributed by atoms with E-state index in [0.717, 1.165) is 34.1 Å². The Morgan fingerprint density at radius 1 is 0.284 bits per heavy atom. The van der Waals surface area contributed by atoms with Crippen LogP contribution in [0.4, 0.5) is 34.1 Å². The van der Waals surface area contributed by atoms with Crippen LogP contribution in [-0.2, 0) is 0 Å². The van der Waals surface area contributed by atoms with E-state index in [1.807, 2.05) is 0 Å². The van der Waals surface area contributed by atoms with Crippen molar-refractivity contribution in [3.63, 3.8) is 0 Å². The van der Waals surface area contributed by atoms with Gasteiger partial charge in [0.1, 0.15) is 0 Å². The molecule has 0 fully saturated rings. The minimum Gasteiger partial charge on any atom is -0.311 e. The van der Waals surface area contributed by atoms with Crippen LogP contribution in [0.15, 0.2) is 277 Å². The molecule has 0 aromatic heterocycles. The molecule has 0 N–H and O–H groups in total. The first-order chi connectivity index (χ1) is 36.1. The van der Waals surface area contributed by atoms with E-state index in [1.54, 1.807) is 0 Å². The number of rotatable bonds is 15. The monoisotopic (exact) mass is 959 g/mol. The molecule has 0 aliphatic heterocycles. The van der Waals surface area contributed by atoms with E-state index in [-0.39, 0.29) is 0 Å². The van der Waals surface area contributed by atoms with Crippen LogP contribution in [0, 0.1) is 0 Å². The molecule has 74 heavy (non-hydrogen) atoms. The number of allylic oxidation sites excluding steroid dienone is 12. The Hall–Kier alpha value is -8.72. The number of fused-ring (bicyclic) bond motifs is 1. The first-order valence-corrected chi connectivity index (χ1v) is 25.8. The summed E-state index contributed by atoms with van der Waals surface area (Å²) in [6, 6.07) is 79.6. The summed E-state index contributed by atoms with van der Waals surface area (Å²) in [4.78, 5) is 4.71. The van der Waals surface area contributed by atoms with Crippen molar-refractivity contribution in [1.82, 2.24) is 0 Å². The molecule has 0 saturated carbocycles. The van der Waals surface area contributed by atoms with Crippen molar-refractivity contribution in [3.8, 4) is 33.4 Å². The molecule has 0 bridgehead atoms. The summed E-state index contributed by atoms with van der Waals surface area (Å²) >= 11 is 0. The van der Waals surface area contributed by atoms with Gasteiger partial charge in [0, 0.05) is 34.1 Å². The molecule has 0 heterocycles. The average Bonchev–Trinajstić information content (AvgIpc) is 3.44. The minimum absolute atomic E-state index is 1.09. The van der Waals surface area contributed by atoms with E-state index in [4.69, 9.17) is 0 Å². The Kier molecular flexibility index (Phi) is 15.8. The normalized spacial score (nSPS) is 12.8. The van der Waals surface area contributed by atoms with Gasteiger partial charge in [0.25, 0.3) is 0 Å². The fourth-order valence-electron chi connectivity index (χ4n) is 9.67. The molecule has 0 spiro atoms. The van der Waals surface area contributed by atoms with Gasteiger partial charge in [-0.25, -0.2) is 0 Å². The van der Waals surface area contributed by atoms with Gasteiger partial charge in [-0.3, -0.25) is 0 Å². The maximum atomic E-state index is 2.36. The topological polar surface area (TPSA) is 6.48 Å². The van der Waals surface area contributed by atoms with Crippen LogP contribution in [0.5, 0.6) is 0 Å². The Morgan fingerprint density at radius 3 is 0.973 bits per heavy atom. The van der Waals surface area contributed by atoms with Crippen LogP contribution in [0.2, 0.25) is 0 Å². The third-order valence-electron chi connectivity index (χ3n) is 14.1. The van der Waals surface area contributed by atoms with Crippen molar-refractivity contribution in [2.75, 3.05) is 9.80 Å². The Labute approximate surface area is 440 Å². The average molecular weight is 959 g/mol. The van der Waals surface area contributed by atoms with Crippen molar-refractivity contribution in [2.24, 2.45) is 0 Å². The fourth-order valence-corrected chi connectivity index (χ4v) is 9.67. The third kappa shape index (κ3) is 11.6. The maximum Gasteiger partial charge on any atom is 0.0468 e. The molecule has 0 atom stereocenters. The van der Waals surface area contributed by atoms with E-state index in [1.165, 1.54) is 88.7 Å². The zero-order valence-electron chi connectivity index (χ0n) is 44.1.